The van der Waals surface area contributed by atoms with Crippen LogP contribution in [0.15, 0.2) is 47.6 Å². The largest absolute Gasteiger partial charge is 0.450 e. The van der Waals surface area contributed by atoms with Crippen molar-refractivity contribution in [2.24, 2.45) is 5.10 Å². The van der Waals surface area contributed by atoms with Gasteiger partial charge in [-0.1, -0.05) is 0 Å². The number of thioether (sulfide) groups is 2. The number of carbonyl (C=O) groups excluding carboxylic acids is 1. The van der Waals surface area contributed by atoms with Gasteiger partial charge >= 0.3 is 5.69 Å². The van der Waals surface area contributed by atoms with Gasteiger partial charge in [-0.25, -0.2) is 5.43 Å². The van der Waals surface area contributed by atoms with Crippen molar-refractivity contribution in [2.75, 3.05) is 11.5 Å². The third-order valence-corrected chi connectivity index (χ3v) is 7.53. The Morgan fingerprint density at radius 1 is 1.16 bits per heavy atom. The Morgan fingerprint density at radius 3 is 2.45 bits per heavy atom. The molecule has 0 bridgehead atoms. The van der Waals surface area contributed by atoms with Crippen LogP contribution in [0.4, 0.5) is 11.4 Å². The van der Waals surface area contributed by atoms with Gasteiger partial charge in [0.15, 0.2) is 0 Å². The normalized spacial score (nSPS) is 15.0. The molecule has 162 valence electrons. The number of rotatable bonds is 8. The molecular formula is C19H18N4O6S2. The lowest BCUT2D eigenvalue weighted by atomic mass is 10.2. The van der Waals surface area contributed by atoms with Crippen LogP contribution < -0.4 is 10.2 Å². The molecule has 0 saturated carbocycles. The predicted octanol–water partition coefficient (Wildman–Crippen LogP) is 4.33. The summed E-state index contributed by atoms with van der Waals surface area (Å²) in [5, 5.41) is 26.0. The quantitative estimate of drug-likeness (QED) is 0.348. The van der Waals surface area contributed by atoms with E-state index in [1.807, 2.05) is 6.92 Å². The Hall–Kier alpha value is -3.12. The molecule has 1 N–H and O–H groups in total. The summed E-state index contributed by atoms with van der Waals surface area (Å²) in [6.07, 6.45) is 1.85. The van der Waals surface area contributed by atoms with Gasteiger partial charge in [0, 0.05) is 17.6 Å². The highest BCUT2D eigenvalue weighted by molar-refractivity contribution is 8.21. The van der Waals surface area contributed by atoms with Crippen LogP contribution in [0.25, 0.3) is 0 Å². The molecule has 0 aliphatic carbocycles. The van der Waals surface area contributed by atoms with Crippen LogP contribution in [-0.2, 0) is 4.79 Å². The maximum absolute atomic E-state index is 12.0. The van der Waals surface area contributed by atoms with Crippen molar-refractivity contribution in [3.8, 4) is 11.5 Å². The zero-order chi connectivity index (χ0) is 22.4. The number of benzene rings is 2. The van der Waals surface area contributed by atoms with Crippen LogP contribution >= 0.6 is 23.5 Å². The molecule has 3 rings (SSSR count). The lowest BCUT2D eigenvalue weighted by Gasteiger charge is -2.19. The van der Waals surface area contributed by atoms with Crippen LogP contribution in [0.2, 0.25) is 0 Å². The van der Waals surface area contributed by atoms with E-state index < -0.39 is 21.2 Å². The highest BCUT2D eigenvalue weighted by Crippen LogP contribution is 2.45. The number of ether oxygens (including phenoxy) is 1. The molecule has 0 unspecified atom stereocenters. The number of hydrazone groups is 1. The first-order chi connectivity index (χ1) is 14.8. The molecule has 1 fully saturated rings. The summed E-state index contributed by atoms with van der Waals surface area (Å²) in [7, 11) is 0. The molecule has 10 nitrogen and oxygen atoms in total. The Kier molecular flexibility index (Phi) is 7.13. The SMILES string of the molecule is CC1(CC(=O)NN=Cc2ccc(Oc3ccc([N+](=O)[O-])cc3[N+](=O)[O-])cc2)SCCS1. The van der Waals surface area contributed by atoms with Crippen LogP contribution in [0.3, 0.4) is 0 Å². The van der Waals surface area contributed by atoms with E-state index in [2.05, 4.69) is 10.5 Å². The van der Waals surface area contributed by atoms with E-state index in [0.717, 1.165) is 23.6 Å². The zero-order valence-electron chi connectivity index (χ0n) is 16.3. The average molecular weight is 463 g/mol. The maximum atomic E-state index is 12.0. The Balaban J connectivity index is 1.60. The Morgan fingerprint density at radius 2 is 1.84 bits per heavy atom. The number of non-ortho nitro benzene ring substituents is 1. The number of nitrogens with one attached hydrogen (secondary N) is 1. The van der Waals surface area contributed by atoms with Gasteiger partial charge in [-0.05, 0) is 42.8 Å². The topological polar surface area (TPSA) is 137 Å². The van der Waals surface area contributed by atoms with Crippen LogP contribution in [-0.4, -0.2) is 37.6 Å². The van der Waals surface area contributed by atoms with Gasteiger partial charge in [-0.2, -0.15) is 5.10 Å². The standard InChI is InChI=1S/C19H18N4O6S2/c1-19(30-8-9-31-19)11-18(24)21-20-12-13-2-5-15(6-3-13)29-17-7-4-14(22(25)26)10-16(17)23(27)28/h2-7,10,12H,8-9,11H2,1H3,(H,21,24). The minimum atomic E-state index is -0.741. The molecule has 0 spiro atoms. The van der Waals surface area contributed by atoms with E-state index >= 15 is 0 Å². The van der Waals surface area contributed by atoms with E-state index in [0.29, 0.717) is 17.7 Å². The van der Waals surface area contributed by atoms with E-state index in [9.17, 15) is 25.0 Å². The molecule has 31 heavy (non-hydrogen) atoms. The first-order valence-corrected chi connectivity index (χ1v) is 11.0. The summed E-state index contributed by atoms with van der Waals surface area (Å²) < 4.78 is 5.39. The minimum absolute atomic E-state index is 0.111. The fourth-order valence-electron chi connectivity index (χ4n) is 2.77. The van der Waals surface area contributed by atoms with Gasteiger partial charge in [0.1, 0.15) is 5.75 Å². The summed E-state index contributed by atoms with van der Waals surface area (Å²) in [6, 6.07) is 9.63. The monoisotopic (exact) mass is 462 g/mol. The van der Waals surface area contributed by atoms with Crippen molar-refractivity contribution in [3.05, 3.63) is 68.3 Å². The second-order valence-corrected chi connectivity index (χ2v) is 10.1. The lowest BCUT2D eigenvalue weighted by molar-refractivity contribution is -0.394. The number of nitro benzene ring substituents is 2. The lowest BCUT2D eigenvalue weighted by Crippen LogP contribution is -2.26. The fourth-order valence-corrected chi connectivity index (χ4v) is 5.60. The van der Waals surface area contributed by atoms with Crippen molar-refractivity contribution in [3.63, 3.8) is 0 Å². The highest BCUT2D eigenvalue weighted by Gasteiger charge is 2.32. The molecule has 1 aliphatic rings. The predicted molar refractivity (Wildman–Crippen MR) is 120 cm³/mol. The number of carbonyl (C=O) groups is 1. The molecule has 1 aliphatic heterocycles. The molecule has 0 atom stereocenters. The third kappa shape index (κ3) is 6.18. The molecular weight excluding hydrogens is 444 g/mol. The van der Waals surface area contributed by atoms with Crippen LogP contribution in [0.5, 0.6) is 11.5 Å². The number of amides is 1. The van der Waals surface area contributed by atoms with E-state index in [1.165, 1.54) is 12.3 Å². The van der Waals surface area contributed by atoms with Crippen molar-refractivity contribution in [1.29, 1.82) is 0 Å². The third-order valence-electron chi connectivity index (χ3n) is 4.24. The highest BCUT2D eigenvalue weighted by atomic mass is 32.2. The molecule has 12 heteroatoms. The van der Waals surface area contributed by atoms with Crippen molar-refractivity contribution in [1.82, 2.24) is 5.43 Å². The number of nitro groups is 2. The molecule has 1 heterocycles. The fraction of sp³-hybridized carbons (Fsp3) is 0.263. The zero-order valence-corrected chi connectivity index (χ0v) is 18.0. The second-order valence-electron chi connectivity index (χ2n) is 6.64. The first kappa shape index (κ1) is 22.6. The van der Waals surface area contributed by atoms with Crippen LogP contribution in [0, 0.1) is 20.2 Å². The molecule has 0 aromatic heterocycles. The molecule has 1 amide bonds. The summed E-state index contributed by atoms with van der Waals surface area (Å²) in [4.78, 5) is 32.6. The summed E-state index contributed by atoms with van der Waals surface area (Å²) in [5.41, 5.74) is 2.30. The number of hydrogen-bond donors (Lipinski definition) is 1. The van der Waals surface area contributed by atoms with E-state index in [4.69, 9.17) is 4.74 Å². The van der Waals surface area contributed by atoms with Crippen molar-refractivity contribution >= 4 is 47.0 Å². The van der Waals surface area contributed by atoms with Crippen molar-refractivity contribution < 1.29 is 19.4 Å². The molecule has 2 aromatic rings. The van der Waals surface area contributed by atoms with Crippen LogP contribution in [0.1, 0.15) is 18.9 Å². The Bertz CT molecular complexity index is 1020. The first-order valence-electron chi connectivity index (χ1n) is 9.06. The Labute approximate surface area is 185 Å². The molecule has 0 radical (unpaired) electrons. The molecule has 2 aromatic carbocycles. The summed E-state index contributed by atoms with van der Waals surface area (Å²) >= 11 is 3.54. The van der Waals surface area contributed by atoms with Gasteiger partial charge in [0.2, 0.25) is 11.7 Å². The van der Waals surface area contributed by atoms with Gasteiger partial charge in [-0.3, -0.25) is 25.0 Å². The number of hydrogen-bond acceptors (Lipinski definition) is 9. The van der Waals surface area contributed by atoms with Crippen molar-refractivity contribution in [2.45, 2.75) is 17.4 Å². The maximum Gasteiger partial charge on any atom is 0.318 e. The van der Waals surface area contributed by atoms with Gasteiger partial charge < -0.3 is 4.74 Å². The molecule has 1 saturated heterocycles. The van der Waals surface area contributed by atoms with Gasteiger partial charge in [0.05, 0.1) is 32.6 Å². The second kappa shape index (κ2) is 9.79. The summed E-state index contributed by atoms with van der Waals surface area (Å²) in [5.74, 6) is 2.11. The van der Waals surface area contributed by atoms with E-state index in [-0.39, 0.29) is 15.7 Å². The summed E-state index contributed by atoms with van der Waals surface area (Å²) in [6.45, 7) is 2.05. The van der Waals surface area contributed by atoms with Gasteiger partial charge in [-0.15, -0.1) is 23.5 Å². The van der Waals surface area contributed by atoms with Gasteiger partial charge in [0.25, 0.3) is 5.69 Å². The minimum Gasteiger partial charge on any atom is -0.450 e. The smallest absolute Gasteiger partial charge is 0.318 e. The average Bonchev–Trinajstić information content (AvgIpc) is 3.15. The van der Waals surface area contributed by atoms with E-state index in [1.54, 1.807) is 47.8 Å². The number of nitrogens with zero attached hydrogens (tertiary/aromatic N) is 3.